The van der Waals surface area contributed by atoms with Crippen LogP contribution in [0.5, 0.6) is 5.75 Å². The Kier molecular flexibility index (Phi) is 5.45. The number of rotatable bonds is 6. The van der Waals surface area contributed by atoms with E-state index >= 15 is 0 Å². The monoisotopic (exact) mass is 369 g/mol. The van der Waals surface area contributed by atoms with Crippen LogP contribution in [-0.2, 0) is 10.0 Å². The third-order valence-corrected chi connectivity index (χ3v) is 5.00. The molecule has 1 heterocycles. The van der Waals surface area contributed by atoms with Crippen LogP contribution in [0.2, 0.25) is 0 Å². The van der Waals surface area contributed by atoms with Gasteiger partial charge < -0.3 is 10.1 Å². The normalized spacial score (nSPS) is 12.5. The molecule has 0 aliphatic heterocycles. The van der Waals surface area contributed by atoms with Crippen LogP contribution in [-0.4, -0.2) is 32.7 Å². The van der Waals surface area contributed by atoms with Crippen LogP contribution in [0.1, 0.15) is 33.9 Å². The minimum absolute atomic E-state index is 0.178. The summed E-state index contributed by atoms with van der Waals surface area (Å²) in [5.41, 5.74) is 1.41. The standard InChI is InChI=1S/C15H19N3O4S2/c1-9(11-5-7-12(22-3)8-6-11)16-14(19)13-10(2)17-15(23-13)18-24(4,20)21/h5-9H,1-4H3,(H,16,19)(H,17,18)/t9-/m0/s1. The number of carbonyl (C=O) groups is 1. The van der Waals surface area contributed by atoms with Crippen LogP contribution in [0.25, 0.3) is 0 Å². The lowest BCUT2D eigenvalue weighted by atomic mass is 10.1. The second kappa shape index (κ2) is 7.18. The van der Waals surface area contributed by atoms with E-state index in [1.54, 1.807) is 14.0 Å². The number of carbonyl (C=O) groups excluding carboxylic acids is 1. The summed E-state index contributed by atoms with van der Waals surface area (Å²) in [5, 5.41) is 3.06. The number of aryl methyl sites for hydroxylation is 1. The van der Waals surface area contributed by atoms with Gasteiger partial charge in [0.15, 0.2) is 5.13 Å². The molecule has 0 unspecified atom stereocenters. The van der Waals surface area contributed by atoms with Crippen molar-refractivity contribution in [3.8, 4) is 5.75 Å². The maximum absolute atomic E-state index is 12.4. The molecule has 0 radical (unpaired) electrons. The number of hydrogen-bond donors (Lipinski definition) is 2. The number of aromatic nitrogens is 1. The van der Waals surface area contributed by atoms with Gasteiger partial charge in [0.2, 0.25) is 10.0 Å². The molecular formula is C15H19N3O4S2. The number of hydrogen-bond acceptors (Lipinski definition) is 6. The number of nitrogens with zero attached hydrogens (tertiary/aromatic N) is 1. The lowest BCUT2D eigenvalue weighted by molar-refractivity contribution is 0.0943. The van der Waals surface area contributed by atoms with Gasteiger partial charge in [-0.25, -0.2) is 13.4 Å². The summed E-state index contributed by atoms with van der Waals surface area (Å²) in [6.45, 7) is 3.53. The van der Waals surface area contributed by atoms with E-state index in [4.69, 9.17) is 4.74 Å². The van der Waals surface area contributed by atoms with E-state index in [0.29, 0.717) is 10.6 Å². The molecule has 0 aliphatic carbocycles. The Balaban J connectivity index is 2.11. The first-order valence-corrected chi connectivity index (χ1v) is 9.80. The highest BCUT2D eigenvalue weighted by Crippen LogP contribution is 2.24. The van der Waals surface area contributed by atoms with Crippen molar-refractivity contribution in [1.29, 1.82) is 0 Å². The summed E-state index contributed by atoms with van der Waals surface area (Å²) in [7, 11) is -1.83. The first-order valence-electron chi connectivity index (χ1n) is 7.09. The van der Waals surface area contributed by atoms with E-state index < -0.39 is 10.0 Å². The Hall–Kier alpha value is -2.13. The molecule has 2 N–H and O–H groups in total. The minimum atomic E-state index is -3.42. The lowest BCUT2D eigenvalue weighted by Crippen LogP contribution is -2.26. The minimum Gasteiger partial charge on any atom is -0.497 e. The first kappa shape index (κ1) is 18.2. The highest BCUT2D eigenvalue weighted by atomic mass is 32.2. The predicted octanol–water partition coefficient (Wildman–Crippen LogP) is 2.32. The van der Waals surface area contributed by atoms with E-state index in [1.165, 1.54) is 0 Å². The van der Waals surface area contributed by atoms with Gasteiger partial charge in [-0.1, -0.05) is 23.5 Å². The van der Waals surface area contributed by atoms with Gasteiger partial charge in [-0.15, -0.1) is 0 Å². The summed E-state index contributed by atoms with van der Waals surface area (Å²) in [6.07, 6.45) is 1.04. The number of nitrogens with one attached hydrogen (secondary N) is 2. The van der Waals surface area contributed by atoms with Crippen molar-refractivity contribution in [2.45, 2.75) is 19.9 Å². The van der Waals surface area contributed by atoms with Gasteiger partial charge in [0.05, 0.1) is 25.1 Å². The van der Waals surface area contributed by atoms with Crippen molar-refractivity contribution < 1.29 is 17.9 Å². The zero-order valence-electron chi connectivity index (χ0n) is 13.8. The molecule has 1 atom stereocenters. The van der Waals surface area contributed by atoms with E-state index in [-0.39, 0.29) is 17.1 Å². The molecule has 1 aromatic heterocycles. The Bertz CT molecular complexity index is 829. The average molecular weight is 369 g/mol. The topological polar surface area (TPSA) is 97.4 Å². The Morgan fingerprint density at radius 1 is 1.29 bits per heavy atom. The molecule has 2 aromatic rings. The smallest absolute Gasteiger partial charge is 0.263 e. The molecule has 130 valence electrons. The molecule has 1 aromatic carbocycles. The van der Waals surface area contributed by atoms with Crippen LogP contribution < -0.4 is 14.8 Å². The predicted molar refractivity (Wildman–Crippen MR) is 94.2 cm³/mol. The molecule has 0 bridgehead atoms. The first-order chi connectivity index (χ1) is 11.2. The molecule has 0 spiro atoms. The zero-order chi connectivity index (χ0) is 17.9. The Morgan fingerprint density at radius 3 is 2.46 bits per heavy atom. The fourth-order valence-corrected chi connectivity index (χ4v) is 3.75. The molecule has 0 saturated carbocycles. The van der Waals surface area contributed by atoms with Gasteiger partial charge in [0.1, 0.15) is 10.6 Å². The molecule has 9 heteroatoms. The van der Waals surface area contributed by atoms with Crippen molar-refractivity contribution in [2.24, 2.45) is 0 Å². The SMILES string of the molecule is COc1ccc([C@H](C)NC(=O)c2sc(NS(C)(=O)=O)nc2C)cc1. The molecule has 0 aliphatic rings. The fourth-order valence-electron chi connectivity index (χ4n) is 2.05. The molecule has 0 fully saturated rings. The molecular weight excluding hydrogens is 350 g/mol. The van der Waals surface area contributed by atoms with Crippen LogP contribution in [0.3, 0.4) is 0 Å². The molecule has 7 nitrogen and oxygen atoms in total. The summed E-state index contributed by atoms with van der Waals surface area (Å²) in [5.74, 6) is 0.446. The highest BCUT2D eigenvalue weighted by molar-refractivity contribution is 7.92. The molecule has 2 rings (SSSR count). The van der Waals surface area contributed by atoms with Gasteiger partial charge in [-0.2, -0.15) is 0 Å². The average Bonchev–Trinajstić information content (AvgIpc) is 2.85. The number of methoxy groups -OCH3 is 1. The number of anilines is 1. The third-order valence-electron chi connectivity index (χ3n) is 3.24. The van der Waals surface area contributed by atoms with Crippen molar-refractivity contribution in [2.75, 3.05) is 18.1 Å². The number of amides is 1. The van der Waals surface area contributed by atoms with Crippen LogP contribution in [0.15, 0.2) is 24.3 Å². The van der Waals surface area contributed by atoms with Gasteiger partial charge in [-0.05, 0) is 31.5 Å². The largest absolute Gasteiger partial charge is 0.497 e. The highest BCUT2D eigenvalue weighted by Gasteiger charge is 2.19. The molecule has 0 saturated heterocycles. The molecule has 1 amide bonds. The Labute approximate surface area is 145 Å². The van der Waals surface area contributed by atoms with Gasteiger partial charge in [0.25, 0.3) is 5.91 Å². The number of thiazole rings is 1. The zero-order valence-corrected chi connectivity index (χ0v) is 15.4. The van der Waals surface area contributed by atoms with Crippen molar-refractivity contribution in [3.63, 3.8) is 0 Å². The van der Waals surface area contributed by atoms with Crippen LogP contribution in [0.4, 0.5) is 5.13 Å². The van der Waals surface area contributed by atoms with Crippen molar-refractivity contribution in [3.05, 3.63) is 40.4 Å². The summed E-state index contributed by atoms with van der Waals surface area (Å²) < 4.78 is 29.9. The maximum Gasteiger partial charge on any atom is 0.263 e. The van der Waals surface area contributed by atoms with Crippen LogP contribution >= 0.6 is 11.3 Å². The maximum atomic E-state index is 12.4. The summed E-state index contributed by atoms with van der Waals surface area (Å²) >= 11 is 1.00. The third kappa shape index (κ3) is 4.68. The summed E-state index contributed by atoms with van der Waals surface area (Å²) in [4.78, 5) is 16.9. The quantitative estimate of drug-likeness (QED) is 0.814. The van der Waals surface area contributed by atoms with E-state index in [1.807, 2.05) is 31.2 Å². The Morgan fingerprint density at radius 2 is 1.92 bits per heavy atom. The molecule has 24 heavy (non-hydrogen) atoms. The van der Waals surface area contributed by atoms with Crippen molar-refractivity contribution in [1.82, 2.24) is 10.3 Å². The van der Waals surface area contributed by atoms with Gasteiger partial charge in [0, 0.05) is 0 Å². The summed E-state index contributed by atoms with van der Waals surface area (Å²) in [6, 6.07) is 7.19. The van der Waals surface area contributed by atoms with Crippen molar-refractivity contribution >= 4 is 32.4 Å². The van der Waals surface area contributed by atoms with E-state index in [9.17, 15) is 13.2 Å². The number of ether oxygens (including phenoxy) is 1. The second-order valence-electron chi connectivity index (χ2n) is 5.28. The fraction of sp³-hybridized carbons (Fsp3) is 0.333. The lowest BCUT2D eigenvalue weighted by Gasteiger charge is -2.14. The van der Waals surface area contributed by atoms with E-state index in [2.05, 4.69) is 15.0 Å². The second-order valence-corrected chi connectivity index (χ2v) is 8.02. The number of benzene rings is 1. The van der Waals surface area contributed by atoms with Crippen LogP contribution in [0, 0.1) is 6.92 Å². The van der Waals surface area contributed by atoms with Gasteiger partial charge in [-0.3, -0.25) is 9.52 Å². The van der Waals surface area contributed by atoms with E-state index in [0.717, 1.165) is 28.9 Å². The number of sulfonamides is 1. The van der Waals surface area contributed by atoms with Gasteiger partial charge >= 0.3 is 0 Å².